The van der Waals surface area contributed by atoms with Crippen LogP contribution in [0.2, 0.25) is 0 Å². The lowest BCUT2D eigenvalue weighted by atomic mass is 10.1. The number of aromatic nitrogens is 3. The van der Waals surface area contributed by atoms with Crippen molar-refractivity contribution in [1.29, 1.82) is 0 Å². The van der Waals surface area contributed by atoms with Crippen molar-refractivity contribution in [3.63, 3.8) is 0 Å². The molecule has 0 spiro atoms. The third-order valence-electron chi connectivity index (χ3n) is 4.49. The fraction of sp³-hybridized carbons (Fsp3) is 0.368. The second-order valence-corrected chi connectivity index (χ2v) is 7.06. The number of carboxylic acids is 1. The topological polar surface area (TPSA) is 125 Å². The van der Waals surface area contributed by atoms with E-state index in [1.165, 1.54) is 0 Å². The van der Waals surface area contributed by atoms with Crippen LogP contribution >= 0.6 is 0 Å². The molecule has 1 saturated heterocycles. The van der Waals surface area contributed by atoms with Crippen molar-refractivity contribution in [3.05, 3.63) is 36.0 Å². The normalized spacial score (nSPS) is 16.5. The molecule has 34 heavy (non-hydrogen) atoms. The summed E-state index contributed by atoms with van der Waals surface area (Å²) in [4.78, 5) is 20.9. The summed E-state index contributed by atoms with van der Waals surface area (Å²) in [5.74, 6) is -3.04. The van der Waals surface area contributed by atoms with Crippen molar-refractivity contribution < 1.29 is 40.7 Å². The van der Waals surface area contributed by atoms with Gasteiger partial charge >= 0.3 is 24.3 Å². The predicted molar refractivity (Wildman–Crippen MR) is 108 cm³/mol. The second kappa shape index (κ2) is 10.1. The molecule has 1 fully saturated rings. The Balaban J connectivity index is 0.000000406. The molecule has 3 heterocycles. The van der Waals surface area contributed by atoms with E-state index in [1.54, 1.807) is 24.3 Å². The number of piperidine rings is 1. The Labute approximate surface area is 187 Å². The summed E-state index contributed by atoms with van der Waals surface area (Å²) in [6.07, 6.45) is -7.06. The molecule has 0 aliphatic carbocycles. The van der Waals surface area contributed by atoms with Crippen molar-refractivity contribution in [2.24, 2.45) is 0 Å². The zero-order valence-electron chi connectivity index (χ0n) is 17.2. The summed E-state index contributed by atoms with van der Waals surface area (Å²) in [6.45, 7) is 1.63. The first-order valence-electron chi connectivity index (χ1n) is 9.77. The van der Waals surface area contributed by atoms with Gasteiger partial charge < -0.3 is 20.2 Å². The largest absolute Gasteiger partial charge is 0.490 e. The molecule has 0 unspecified atom stereocenters. The number of nitrogens with zero attached hydrogens (tertiary/aromatic N) is 3. The van der Waals surface area contributed by atoms with Crippen LogP contribution in [0.5, 0.6) is 0 Å². The third-order valence-corrected chi connectivity index (χ3v) is 4.49. The maximum atomic E-state index is 13.3. The zero-order valence-corrected chi connectivity index (χ0v) is 17.2. The number of fused-ring (bicyclic) bond motifs is 1. The second-order valence-electron chi connectivity index (χ2n) is 7.06. The number of carbonyl (C=O) groups is 1. The molecule has 1 aromatic carbocycles. The first-order chi connectivity index (χ1) is 15.9. The summed E-state index contributed by atoms with van der Waals surface area (Å²) in [5.41, 5.74) is 0.0144. The lowest BCUT2D eigenvalue weighted by molar-refractivity contribution is -0.192. The van der Waals surface area contributed by atoms with Gasteiger partial charge in [-0.15, -0.1) is 0 Å². The Morgan fingerprint density at radius 1 is 1.15 bits per heavy atom. The molecule has 0 radical (unpaired) electrons. The number of rotatable bonds is 4. The van der Waals surface area contributed by atoms with E-state index >= 15 is 0 Å². The molecule has 9 nitrogen and oxygen atoms in total. The van der Waals surface area contributed by atoms with E-state index in [0.717, 1.165) is 25.6 Å². The number of aliphatic carboxylic acids is 1. The number of hydrogen-bond acceptors (Lipinski definition) is 8. The zero-order chi connectivity index (χ0) is 24.9. The molecule has 3 aromatic rings. The predicted octanol–water partition coefficient (Wildman–Crippen LogP) is 4.18. The Hall–Kier alpha value is -3.62. The summed E-state index contributed by atoms with van der Waals surface area (Å²) in [5, 5.41) is 16.0. The first kappa shape index (κ1) is 25.0. The van der Waals surface area contributed by atoms with E-state index in [9.17, 15) is 26.3 Å². The summed E-state index contributed by atoms with van der Waals surface area (Å²) in [7, 11) is 0. The van der Waals surface area contributed by atoms with Gasteiger partial charge in [-0.25, -0.2) is 9.78 Å². The minimum atomic E-state index is -5.08. The van der Waals surface area contributed by atoms with Crippen LogP contribution in [0.15, 0.2) is 34.9 Å². The van der Waals surface area contributed by atoms with Crippen LogP contribution in [0, 0.1) is 0 Å². The Morgan fingerprint density at radius 2 is 1.85 bits per heavy atom. The quantitative estimate of drug-likeness (QED) is 0.397. The van der Waals surface area contributed by atoms with Crippen molar-refractivity contribution >= 4 is 34.8 Å². The van der Waals surface area contributed by atoms with E-state index in [0.29, 0.717) is 17.6 Å². The van der Waals surface area contributed by atoms with Gasteiger partial charge in [-0.1, -0.05) is 12.1 Å². The van der Waals surface area contributed by atoms with Gasteiger partial charge in [0.2, 0.25) is 5.95 Å². The van der Waals surface area contributed by atoms with Crippen molar-refractivity contribution in [2.75, 3.05) is 23.7 Å². The van der Waals surface area contributed by atoms with E-state index in [4.69, 9.17) is 14.3 Å². The number of oxazole rings is 1. The van der Waals surface area contributed by atoms with Gasteiger partial charge in [0, 0.05) is 18.8 Å². The number of alkyl halides is 6. The van der Waals surface area contributed by atoms with E-state index in [2.05, 4.69) is 30.9 Å². The summed E-state index contributed by atoms with van der Waals surface area (Å²) < 4.78 is 77.2. The maximum absolute atomic E-state index is 13.3. The third kappa shape index (κ3) is 6.69. The molecule has 1 aliphatic heterocycles. The molecule has 2 aromatic heterocycles. The van der Waals surface area contributed by atoms with Gasteiger partial charge in [0.1, 0.15) is 11.1 Å². The number of para-hydroxylation sites is 2. The molecule has 1 atom stereocenters. The lowest BCUT2D eigenvalue weighted by Gasteiger charge is -2.24. The Kier molecular flexibility index (Phi) is 7.44. The van der Waals surface area contributed by atoms with Gasteiger partial charge in [-0.2, -0.15) is 36.3 Å². The number of anilines is 3. The molecule has 184 valence electrons. The summed E-state index contributed by atoms with van der Waals surface area (Å²) in [6, 6.07) is 6.90. The maximum Gasteiger partial charge on any atom is 0.490 e. The highest BCUT2D eigenvalue weighted by molar-refractivity contribution is 5.75. The number of carboxylic acid groups (broad SMARTS) is 1. The molecule has 15 heteroatoms. The first-order valence-corrected chi connectivity index (χ1v) is 9.77. The Morgan fingerprint density at radius 3 is 2.44 bits per heavy atom. The highest BCUT2D eigenvalue weighted by Crippen LogP contribution is 2.35. The summed E-state index contributed by atoms with van der Waals surface area (Å²) >= 11 is 0. The van der Waals surface area contributed by atoms with Crippen LogP contribution in [0.1, 0.15) is 18.4 Å². The van der Waals surface area contributed by atoms with Gasteiger partial charge in [-0.05, 0) is 31.5 Å². The highest BCUT2D eigenvalue weighted by Gasteiger charge is 2.38. The molecule has 1 aliphatic rings. The van der Waals surface area contributed by atoms with Crippen LogP contribution in [0.25, 0.3) is 11.1 Å². The molecular weight excluding hydrogens is 474 g/mol. The van der Waals surface area contributed by atoms with Crippen molar-refractivity contribution in [3.8, 4) is 0 Å². The fourth-order valence-electron chi connectivity index (χ4n) is 2.94. The average molecular weight is 492 g/mol. The number of benzene rings is 1. The number of nitrogens with one attached hydrogen (secondary N) is 3. The Bertz CT molecular complexity index is 1090. The van der Waals surface area contributed by atoms with Gasteiger partial charge in [0.15, 0.2) is 11.4 Å². The van der Waals surface area contributed by atoms with Crippen LogP contribution < -0.4 is 16.0 Å². The van der Waals surface area contributed by atoms with Crippen LogP contribution in [-0.2, 0) is 11.0 Å². The number of hydrogen-bond donors (Lipinski definition) is 4. The van der Waals surface area contributed by atoms with Crippen molar-refractivity contribution in [1.82, 2.24) is 20.3 Å². The minimum Gasteiger partial charge on any atom is -0.475 e. The van der Waals surface area contributed by atoms with E-state index < -0.39 is 29.7 Å². The van der Waals surface area contributed by atoms with E-state index in [1.807, 2.05) is 0 Å². The smallest absolute Gasteiger partial charge is 0.475 e. The van der Waals surface area contributed by atoms with Crippen LogP contribution in [0.3, 0.4) is 0 Å². The van der Waals surface area contributed by atoms with Gasteiger partial charge in [-0.3, -0.25) is 5.32 Å². The average Bonchev–Trinajstić information content (AvgIpc) is 3.16. The van der Waals surface area contributed by atoms with Gasteiger partial charge in [0.25, 0.3) is 0 Å². The van der Waals surface area contributed by atoms with E-state index in [-0.39, 0.29) is 18.0 Å². The molecule has 4 rings (SSSR count). The standard InChI is InChI=1S/C17H17F3N6O.C2HF3O2/c18-17(19,20)11-9-22-15(23-10-4-3-7-21-8-10)25-14(11)26-16-24-12-5-1-2-6-13(12)27-16;3-2(4,5)1(6)7/h1-2,5-6,9-10,21H,3-4,7-8H2,(H2,22,23,24,25,26);(H,6,7)/t10-;/m0./s1. The lowest BCUT2D eigenvalue weighted by Crippen LogP contribution is -2.38. The van der Waals surface area contributed by atoms with Crippen LogP contribution in [0.4, 0.5) is 44.1 Å². The van der Waals surface area contributed by atoms with Crippen molar-refractivity contribution in [2.45, 2.75) is 31.2 Å². The van der Waals surface area contributed by atoms with Crippen LogP contribution in [-0.4, -0.2) is 51.3 Å². The SMILES string of the molecule is FC(F)(F)c1cnc(N[C@H]2CCCNC2)nc1Nc1nc2ccccc2o1.O=C(O)C(F)(F)F. The molecule has 4 N–H and O–H groups in total. The number of halogens is 6. The molecular formula is C19H18F6N6O3. The fourth-order valence-corrected chi connectivity index (χ4v) is 2.94. The highest BCUT2D eigenvalue weighted by atomic mass is 19.4. The molecule has 0 saturated carbocycles. The molecule has 0 amide bonds. The monoisotopic (exact) mass is 492 g/mol. The minimum absolute atomic E-state index is 0.0627. The van der Waals surface area contributed by atoms with Gasteiger partial charge in [0.05, 0.1) is 0 Å². The molecule has 0 bridgehead atoms.